The van der Waals surface area contributed by atoms with Gasteiger partial charge in [-0.3, -0.25) is 4.79 Å². The number of nitrogens with one attached hydrogen (secondary N) is 1. The van der Waals surface area contributed by atoms with Crippen LogP contribution in [0.25, 0.3) is 0 Å². The highest BCUT2D eigenvalue weighted by atomic mass is 16.5. The Labute approximate surface area is 179 Å². The van der Waals surface area contributed by atoms with Crippen LogP contribution in [0.5, 0.6) is 5.88 Å². The van der Waals surface area contributed by atoms with Crippen LogP contribution < -0.4 is 10.1 Å². The third kappa shape index (κ3) is 3.96. The summed E-state index contributed by atoms with van der Waals surface area (Å²) in [5.41, 5.74) is 2.06. The molecule has 1 unspecified atom stereocenters. The van der Waals surface area contributed by atoms with Crippen LogP contribution in [-0.4, -0.2) is 60.8 Å². The average molecular weight is 414 g/mol. The van der Waals surface area contributed by atoms with Crippen LogP contribution in [-0.2, 0) is 4.74 Å². The van der Waals surface area contributed by atoms with Gasteiger partial charge < -0.3 is 19.7 Å². The van der Waals surface area contributed by atoms with Crippen molar-refractivity contribution in [3.05, 3.63) is 23.4 Å². The zero-order valence-corrected chi connectivity index (χ0v) is 18.5. The summed E-state index contributed by atoms with van der Waals surface area (Å²) in [6.45, 7) is 11.1. The van der Waals surface area contributed by atoms with E-state index in [0.717, 1.165) is 75.5 Å². The standard InChI is InChI=1S/C24H35N3O3/c1-24(2,3)21-20-14-27(13-17(20)12-25-21)23(28)16-10-19(15-4-5-15)22(26-11-16)30-18-6-8-29-9-7-18/h10-11,15,17-18,20-21,25H,4-9,12-14H2,1-3H3/t17-,20+,21?/m1/s1. The van der Waals surface area contributed by atoms with Crippen molar-refractivity contribution >= 4 is 5.91 Å². The average Bonchev–Trinajstić information content (AvgIpc) is 3.35. The Morgan fingerprint density at radius 2 is 1.97 bits per heavy atom. The van der Waals surface area contributed by atoms with Crippen LogP contribution in [0.4, 0.5) is 0 Å². The molecule has 4 heterocycles. The quantitative estimate of drug-likeness (QED) is 0.821. The molecule has 5 rings (SSSR count). The number of rotatable bonds is 4. The Balaban J connectivity index is 1.31. The first kappa shape index (κ1) is 20.3. The number of hydrogen-bond donors (Lipinski definition) is 1. The number of aromatic nitrogens is 1. The second kappa shape index (κ2) is 7.79. The van der Waals surface area contributed by atoms with E-state index in [1.54, 1.807) is 6.20 Å². The fourth-order valence-electron chi connectivity index (χ4n) is 5.54. The zero-order valence-electron chi connectivity index (χ0n) is 18.5. The van der Waals surface area contributed by atoms with E-state index in [1.165, 1.54) is 0 Å². The van der Waals surface area contributed by atoms with Crippen molar-refractivity contribution in [2.45, 2.75) is 64.5 Å². The van der Waals surface area contributed by atoms with E-state index in [9.17, 15) is 4.79 Å². The predicted molar refractivity (Wildman–Crippen MR) is 115 cm³/mol. The van der Waals surface area contributed by atoms with Crippen LogP contribution in [0.15, 0.2) is 12.3 Å². The molecule has 6 nitrogen and oxygen atoms in total. The summed E-state index contributed by atoms with van der Waals surface area (Å²) in [6.07, 6.45) is 6.05. The highest BCUT2D eigenvalue weighted by Crippen LogP contribution is 2.45. The fraction of sp³-hybridized carbons (Fsp3) is 0.750. The Morgan fingerprint density at radius 3 is 2.67 bits per heavy atom. The summed E-state index contributed by atoms with van der Waals surface area (Å²) in [5, 5.41) is 3.70. The van der Waals surface area contributed by atoms with Gasteiger partial charge >= 0.3 is 0 Å². The summed E-state index contributed by atoms with van der Waals surface area (Å²) >= 11 is 0. The molecular weight excluding hydrogens is 378 g/mol. The molecule has 1 aromatic rings. The number of carbonyl (C=O) groups excluding carboxylic acids is 1. The van der Waals surface area contributed by atoms with E-state index in [2.05, 4.69) is 42.0 Å². The minimum Gasteiger partial charge on any atom is -0.474 e. The van der Waals surface area contributed by atoms with Crippen LogP contribution in [0.1, 0.15) is 68.3 Å². The topological polar surface area (TPSA) is 63.7 Å². The van der Waals surface area contributed by atoms with E-state index in [0.29, 0.717) is 23.8 Å². The molecule has 6 heteroatoms. The van der Waals surface area contributed by atoms with E-state index in [-0.39, 0.29) is 17.4 Å². The molecule has 1 aromatic heterocycles. The largest absolute Gasteiger partial charge is 0.474 e. The minimum atomic E-state index is 0.129. The van der Waals surface area contributed by atoms with Gasteiger partial charge in [-0.25, -0.2) is 4.98 Å². The smallest absolute Gasteiger partial charge is 0.255 e. The van der Waals surface area contributed by atoms with E-state index in [4.69, 9.17) is 9.47 Å². The summed E-state index contributed by atoms with van der Waals surface area (Å²) in [6, 6.07) is 2.53. The first-order valence-electron chi connectivity index (χ1n) is 11.7. The van der Waals surface area contributed by atoms with E-state index >= 15 is 0 Å². The first-order valence-corrected chi connectivity index (χ1v) is 11.7. The lowest BCUT2D eigenvalue weighted by Crippen LogP contribution is -2.42. The van der Waals surface area contributed by atoms with Gasteiger partial charge in [0.2, 0.25) is 5.88 Å². The van der Waals surface area contributed by atoms with Crippen molar-refractivity contribution in [3.8, 4) is 5.88 Å². The van der Waals surface area contributed by atoms with Crippen LogP contribution in [0.3, 0.4) is 0 Å². The van der Waals surface area contributed by atoms with Gasteiger partial charge in [0.15, 0.2) is 0 Å². The molecule has 3 aliphatic heterocycles. The summed E-state index contributed by atoms with van der Waals surface area (Å²) in [7, 11) is 0. The number of carbonyl (C=O) groups is 1. The zero-order chi connectivity index (χ0) is 20.9. The van der Waals surface area contributed by atoms with Gasteiger partial charge in [-0.2, -0.15) is 0 Å². The van der Waals surface area contributed by atoms with Crippen molar-refractivity contribution in [3.63, 3.8) is 0 Å². The fourth-order valence-corrected chi connectivity index (χ4v) is 5.54. The van der Waals surface area contributed by atoms with Gasteiger partial charge in [-0.05, 0) is 42.1 Å². The lowest BCUT2D eigenvalue weighted by molar-refractivity contribution is 0.0233. The molecule has 0 bridgehead atoms. The summed E-state index contributed by atoms with van der Waals surface area (Å²) in [5.74, 6) is 2.46. The number of amides is 1. The van der Waals surface area contributed by atoms with Gasteiger partial charge in [0.25, 0.3) is 5.91 Å². The molecule has 0 aromatic carbocycles. The molecule has 164 valence electrons. The van der Waals surface area contributed by atoms with Gasteiger partial charge in [0.05, 0.1) is 18.8 Å². The van der Waals surface area contributed by atoms with E-state index < -0.39 is 0 Å². The van der Waals surface area contributed by atoms with Gasteiger partial charge in [-0.15, -0.1) is 0 Å². The Bertz CT molecular complexity index is 795. The number of nitrogens with zero attached hydrogens (tertiary/aromatic N) is 2. The SMILES string of the molecule is CC(C)(C)C1NC[C@@H]2CN(C(=O)c3cnc(OC4CCOCC4)c(C4CC4)c3)C[C@H]12. The van der Waals surface area contributed by atoms with Crippen molar-refractivity contribution in [1.82, 2.24) is 15.2 Å². The maximum absolute atomic E-state index is 13.3. The highest BCUT2D eigenvalue weighted by molar-refractivity contribution is 5.94. The summed E-state index contributed by atoms with van der Waals surface area (Å²) in [4.78, 5) is 20.0. The molecule has 1 N–H and O–H groups in total. The maximum Gasteiger partial charge on any atom is 0.255 e. The molecule has 1 saturated carbocycles. The number of hydrogen-bond acceptors (Lipinski definition) is 5. The molecule has 3 atom stereocenters. The van der Waals surface area contributed by atoms with Crippen LogP contribution in [0, 0.1) is 17.3 Å². The predicted octanol–water partition coefficient (Wildman–Crippen LogP) is 3.22. The second-order valence-electron chi connectivity index (χ2n) is 10.7. The molecule has 0 spiro atoms. The number of ether oxygens (including phenoxy) is 2. The third-order valence-electron chi connectivity index (χ3n) is 7.33. The van der Waals surface area contributed by atoms with Crippen molar-refractivity contribution in [2.75, 3.05) is 32.8 Å². The highest BCUT2D eigenvalue weighted by Gasteiger charge is 2.47. The third-order valence-corrected chi connectivity index (χ3v) is 7.33. The summed E-state index contributed by atoms with van der Waals surface area (Å²) < 4.78 is 11.7. The van der Waals surface area contributed by atoms with E-state index in [1.807, 2.05) is 0 Å². The normalized spacial score (nSPS) is 29.8. The van der Waals surface area contributed by atoms with Gasteiger partial charge in [0.1, 0.15) is 6.10 Å². The molecule has 4 fully saturated rings. The second-order valence-corrected chi connectivity index (χ2v) is 10.7. The Hall–Kier alpha value is -1.66. The lowest BCUT2D eigenvalue weighted by atomic mass is 9.78. The number of pyridine rings is 1. The van der Waals surface area contributed by atoms with Crippen molar-refractivity contribution in [2.24, 2.45) is 17.3 Å². The first-order chi connectivity index (χ1) is 14.4. The molecule has 1 aliphatic carbocycles. The molecular formula is C24H35N3O3. The maximum atomic E-state index is 13.3. The molecule has 1 amide bonds. The van der Waals surface area contributed by atoms with Crippen molar-refractivity contribution < 1.29 is 14.3 Å². The Morgan fingerprint density at radius 1 is 1.20 bits per heavy atom. The number of likely N-dealkylation sites (tertiary alicyclic amines) is 1. The van der Waals surface area contributed by atoms with Crippen LogP contribution >= 0.6 is 0 Å². The molecule has 0 radical (unpaired) electrons. The van der Waals surface area contributed by atoms with Crippen LogP contribution in [0.2, 0.25) is 0 Å². The molecule has 4 aliphatic rings. The van der Waals surface area contributed by atoms with Gasteiger partial charge in [-0.1, -0.05) is 20.8 Å². The lowest BCUT2D eigenvalue weighted by Gasteiger charge is -2.32. The van der Waals surface area contributed by atoms with Gasteiger partial charge in [0, 0.05) is 50.3 Å². The van der Waals surface area contributed by atoms with Crippen molar-refractivity contribution in [1.29, 1.82) is 0 Å². The monoisotopic (exact) mass is 413 g/mol. The molecule has 3 saturated heterocycles. The minimum absolute atomic E-state index is 0.129. The molecule has 30 heavy (non-hydrogen) atoms. The number of fused-ring (bicyclic) bond motifs is 1. The Kier molecular flexibility index (Phi) is 5.26.